The predicted molar refractivity (Wildman–Crippen MR) is 77.0 cm³/mol. The van der Waals surface area contributed by atoms with Crippen molar-refractivity contribution in [3.63, 3.8) is 0 Å². The molecule has 0 N–H and O–H groups in total. The third-order valence-corrected chi connectivity index (χ3v) is 4.52. The summed E-state index contributed by atoms with van der Waals surface area (Å²) in [5.74, 6) is 0. The van der Waals surface area contributed by atoms with Crippen molar-refractivity contribution in [1.82, 2.24) is 0 Å². The smallest absolute Gasteiger partial charge is 0.0406 e. The van der Waals surface area contributed by atoms with Crippen LogP contribution >= 0.6 is 22.9 Å². The number of halogens is 1. The monoisotopic (exact) mass is 258 g/mol. The summed E-state index contributed by atoms with van der Waals surface area (Å²) in [6.07, 6.45) is 0. The van der Waals surface area contributed by atoms with E-state index in [0.29, 0.717) is 0 Å². The van der Waals surface area contributed by atoms with Gasteiger partial charge in [-0.2, -0.15) is 0 Å². The third-order valence-electron chi connectivity index (χ3n) is 2.95. The van der Waals surface area contributed by atoms with E-state index in [0.717, 1.165) is 5.02 Å². The van der Waals surface area contributed by atoms with E-state index in [1.807, 2.05) is 23.5 Å². The molecule has 0 unspecified atom stereocenters. The molecule has 0 radical (unpaired) electrons. The summed E-state index contributed by atoms with van der Waals surface area (Å²) in [7, 11) is 0. The molecular weight excluding hydrogens is 248 g/mol. The van der Waals surface area contributed by atoms with Crippen molar-refractivity contribution in [3.05, 3.63) is 59.1 Å². The number of rotatable bonds is 1. The maximum absolute atomic E-state index is 5.92. The van der Waals surface area contributed by atoms with E-state index in [2.05, 4.69) is 43.3 Å². The van der Waals surface area contributed by atoms with E-state index in [4.69, 9.17) is 11.6 Å². The van der Waals surface area contributed by atoms with Crippen molar-refractivity contribution in [3.8, 4) is 10.4 Å². The fourth-order valence-corrected chi connectivity index (χ4v) is 3.39. The van der Waals surface area contributed by atoms with Crippen LogP contribution in [0.2, 0.25) is 5.02 Å². The molecule has 1 aromatic heterocycles. The molecule has 1 heterocycles. The van der Waals surface area contributed by atoms with Gasteiger partial charge in [-0.1, -0.05) is 41.9 Å². The van der Waals surface area contributed by atoms with E-state index in [-0.39, 0.29) is 0 Å². The van der Waals surface area contributed by atoms with Crippen LogP contribution in [0.3, 0.4) is 0 Å². The second-order valence-corrected chi connectivity index (χ2v) is 5.55. The number of hydrogen-bond acceptors (Lipinski definition) is 1. The molecule has 0 nitrogen and oxygen atoms in total. The van der Waals surface area contributed by atoms with Gasteiger partial charge < -0.3 is 0 Å². The Morgan fingerprint density at radius 3 is 2.35 bits per heavy atom. The minimum atomic E-state index is 0.785. The molecular formula is C15H11ClS. The quantitative estimate of drug-likeness (QED) is 0.538. The molecule has 0 atom stereocenters. The molecule has 0 aliphatic carbocycles. The lowest BCUT2D eigenvalue weighted by Crippen LogP contribution is -1.75. The lowest BCUT2D eigenvalue weighted by molar-refractivity contribution is 1.57. The average molecular weight is 259 g/mol. The van der Waals surface area contributed by atoms with E-state index in [9.17, 15) is 0 Å². The largest absolute Gasteiger partial charge is 0.135 e. The van der Waals surface area contributed by atoms with Gasteiger partial charge in [0.1, 0.15) is 0 Å². The molecule has 0 saturated heterocycles. The first-order chi connectivity index (χ1) is 8.25. The van der Waals surface area contributed by atoms with Crippen molar-refractivity contribution in [2.75, 3.05) is 0 Å². The van der Waals surface area contributed by atoms with Gasteiger partial charge in [0.2, 0.25) is 0 Å². The van der Waals surface area contributed by atoms with Crippen LogP contribution in [-0.2, 0) is 0 Å². The van der Waals surface area contributed by atoms with Crippen LogP contribution in [0.5, 0.6) is 0 Å². The molecule has 0 bridgehead atoms. The first-order valence-electron chi connectivity index (χ1n) is 5.50. The summed E-state index contributed by atoms with van der Waals surface area (Å²) in [5, 5.41) is 2.13. The molecule has 3 aromatic rings. The first kappa shape index (κ1) is 10.8. The van der Waals surface area contributed by atoms with Crippen molar-refractivity contribution in [2.24, 2.45) is 0 Å². The Balaban J connectivity index is 2.24. The van der Waals surface area contributed by atoms with Gasteiger partial charge in [-0.3, -0.25) is 0 Å². The Morgan fingerprint density at radius 1 is 0.941 bits per heavy atom. The molecule has 0 fully saturated rings. The highest BCUT2D eigenvalue weighted by Gasteiger charge is 2.09. The fraction of sp³-hybridized carbons (Fsp3) is 0.0667. The van der Waals surface area contributed by atoms with Crippen molar-refractivity contribution in [2.45, 2.75) is 6.92 Å². The number of thiophene rings is 1. The Morgan fingerprint density at radius 2 is 1.65 bits per heavy atom. The average Bonchev–Trinajstić information content (AvgIpc) is 2.69. The molecule has 2 heteroatoms. The molecule has 3 rings (SSSR count). The number of hydrogen-bond donors (Lipinski definition) is 0. The highest BCUT2D eigenvalue weighted by Crippen LogP contribution is 2.38. The SMILES string of the molecule is Cc1c(-c2ccc(Cl)cc2)sc2ccccc12. The number of benzene rings is 2. The minimum absolute atomic E-state index is 0.785. The van der Waals surface area contributed by atoms with Crippen LogP contribution in [0.25, 0.3) is 20.5 Å². The molecule has 0 saturated carbocycles. The zero-order valence-electron chi connectivity index (χ0n) is 9.41. The van der Waals surface area contributed by atoms with Crippen molar-refractivity contribution >= 4 is 33.0 Å². The van der Waals surface area contributed by atoms with Gasteiger partial charge in [-0.25, -0.2) is 0 Å². The minimum Gasteiger partial charge on any atom is -0.135 e. The first-order valence-corrected chi connectivity index (χ1v) is 6.69. The summed E-state index contributed by atoms with van der Waals surface area (Å²) in [6.45, 7) is 2.18. The normalized spacial score (nSPS) is 10.9. The molecule has 0 aliphatic rings. The van der Waals surface area contributed by atoms with Gasteiger partial charge >= 0.3 is 0 Å². The van der Waals surface area contributed by atoms with Crippen LogP contribution in [0, 0.1) is 6.92 Å². The van der Waals surface area contributed by atoms with Gasteiger partial charge in [0.05, 0.1) is 0 Å². The molecule has 2 aromatic carbocycles. The van der Waals surface area contributed by atoms with Crippen LogP contribution in [0.15, 0.2) is 48.5 Å². The Labute approximate surface area is 109 Å². The molecule has 0 aliphatic heterocycles. The number of aryl methyl sites for hydroxylation is 1. The number of fused-ring (bicyclic) bond motifs is 1. The zero-order valence-corrected chi connectivity index (χ0v) is 11.0. The van der Waals surface area contributed by atoms with E-state index in [1.54, 1.807) is 0 Å². The Kier molecular flexibility index (Phi) is 2.65. The maximum atomic E-state index is 5.92. The van der Waals surface area contributed by atoms with Crippen molar-refractivity contribution < 1.29 is 0 Å². The van der Waals surface area contributed by atoms with Crippen molar-refractivity contribution in [1.29, 1.82) is 0 Å². The maximum Gasteiger partial charge on any atom is 0.0406 e. The Hall–Kier alpha value is -1.31. The van der Waals surface area contributed by atoms with Gasteiger partial charge in [-0.05, 0) is 41.6 Å². The molecule has 17 heavy (non-hydrogen) atoms. The highest BCUT2D eigenvalue weighted by molar-refractivity contribution is 7.22. The lowest BCUT2D eigenvalue weighted by atomic mass is 10.1. The second kappa shape index (κ2) is 4.17. The van der Waals surface area contributed by atoms with Crippen LogP contribution in [0.4, 0.5) is 0 Å². The summed E-state index contributed by atoms with van der Waals surface area (Å²) in [6, 6.07) is 16.6. The summed E-state index contributed by atoms with van der Waals surface area (Å²) in [4.78, 5) is 1.34. The molecule has 84 valence electrons. The van der Waals surface area contributed by atoms with Gasteiger partial charge in [0.15, 0.2) is 0 Å². The van der Waals surface area contributed by atoms with Crippen LogP contribution in [-0.4, -0.2) is 0 Å². The predicted octanol–water partition coefficient (Wildman–Crippen LogP) is 5.53. The molecule has 0 spiro atoms. The highest BCUT2D eigenvalue weighted by atomic mass is 35.5. The zero-order chi connectivity index (χ0) is 11.8. The molecule has 0 amide bonds. The van der Waals surface area contributed by atoms with E-state index >= 15 is 0 Å². The Bertz CT molecular complexity index is 665. The van der Waals surface area contributed by atoms with Gasteiger partial charge in [-0.15, -0.1) is 11.3 Å². The van der Waals surface area contributed by atoms with Gasteiger partial charge in [0.25, 0.3) is 0 Å². The van der Waals surface area contributed by atoms with Gasteiger partial charge in [0, 0.05) is 14.6 Å². The summed E-state index contributed by atoms with van der Waals surface area (Å²) >= 11 is 7.76. The van der Waals surface area contributed by atoms with Crippen LogP contribution < -0.4 is 0 Å². The van der Waals surface area contributed by atoms with E-state index in [1.165, 1.54) is 26.1 Å². The van der Waals surface area contributed by atoms with E-state index < -0.39 is 0 Å². The topological polar surface area (TPSA) is 0 Å². The second-order valence-electron chi connectivity index (χ2n) is 4.06. The summed E-state index contributed by atoms with van der Waals surface area (Å²) in [5.41, 5.74) is 2.60. The lowest BCUT2D eigenvalue weighted by Gasteiger charge is -1.99. The standard InChI is InChI=1S/C15H11ClS/c1-10-13-4-2-3-5-14(13)17-15(10)11-6-8-12(16)9-7-11/h2-9H,1H3. The summed E-state index contributed by atoms with van der Waals surface area (Å²) < 4.78 is 1.34. The fourth-order valence-electron chi connectivity index (χ4n) is 2.05. The third kappa shape index (κ3) is 1.86. The van der Waals surface area contributed by atoms with Crippen LogP contribution in [0.1, 0.15) is 5.56 Å².